The van der Waals surface area contributed by atoms with Gasteiger partial charge in [0.15, 0.2) is 6.23 Å². The third-order valence-corrected chi connectivity index (χ3v) is 1.83. The van der Waals surface area contributed by atoms with Crippen LogP contribution >= 0.6 is 0 Å². The molecule has 3 heteroatoms. The summed E-state index contributed by atoms with van der Waals surface area (Å²) in [5.41, 5.74) is 0. The molecule has 1 N–H and O–H groups in total. The summed E-state index contributed by atoms with van der Waals surface area (Å²) in [5.74, 6) is -0.107. The molecule has 0 radical (unpaired) electrons. The summed E-state index contributed by atoms with van der Waals surface area (Å²) in [6, 6.07) is 0. The molecule has 0 aromatic rings. The van der Waals surface area contributed by atoms with Crippen LogP contribution in [0.25, 0.3) is 0 Å². The molecule has 0 spiro atoms. The van der Waals surface area contributed by atoms with Crippen LogP contribution < -0.4 is 5.32 Å². The predicted molar refractivity (Wildman–Crippen MR) is 42.0 cm³/mol. The van der Waals surface area contributed by atoms with E-state index >= 15 is 0 Å². The first kappa shape index (κ1) is 8.53. The number of nitrogens with one attached hydrogen (secondary N) is 1. The molecule has 1 aliphatic heterocycles. The highest BCUT2D eigenvalue weighted by Crippen LogP contribution is 2.08. The minimum Gasteiger partial charge on any atom is -0.447 e. The van der Waals surface area contributed by atoms with E-state index in [0.717, 1.165) is 19.4 Å². The molecule has 1 heterocycles. The fraction of sp³-hybridized carbons (Fsp3) is 0.875. The minimum absolute atomic E-state index is 0.0174. The van der Waals surface area contributed by atoms with E-state index in [1.54, 1.807) is 0 Å². The van der Waals surface area contributed by atoms with Crippen molar-refractivity contribution in [2.75, 3.05) is 6.54 Å². The molecule has 1 aliphatic rings. The number of rotatable bonds is 2. The van der Waals surface area contributed by atoms with Gasteiger partial charge in [-0.15, -0.1) is 0 Å². The maximum Gasteiger partial charge on any atom is 0.307 e. The van der Waals surface area contributed by atoms with Crippen LogP contribution in [0.2, 0.25) is 0 Å². The molecule has 0 saturated carbocycles. The summed E-state index contributed by atoms with van der Waals surface area (Å²) in [4.78, 5) is 10.8. The van der Waals surface area contributed by atoms with Crippen LogP contribution in [0.4, 0.5) is 0 Å². The van der Waals surface area contributed by atoms with Crippen LogP contribution in [0.3, 0.4) is 0 Å². The summed E-state index contributed by atoms with van der Waals surface area (Å²) in [6.45, 7) is 2.78. The van der Waals surface area contributed by atoms with Crippen molar-refractivity contribution in [2.45, 2.75) is 38.8 Å². The number of piperidine rings is 1. The van der Waals surface area contributed by atoms with E-state index in [1.807, 2.05) is 6.92 Å². The van der Waals surface area contributed by atoms with E-state index in [4.69, 9.17) is 4.74 Å². The largest absolute Gasteiger partial charge is 0.447 e. The SMILES string of the molecule is CCC(=O)O[C@H]1CCCCN1. The van der Waals surface area contributed by atoms with Crippen LogP contribution in [-0.4, -0.2) is 18.7 Å². The molecule has 3 nitrogen and oxygen atoms in total. The van der Waals surface area contributed by atoms with Crippen molar-refractivity contribution in [1.29, 1.82) is 0 Å². The molecule has 11 heavy (non-hydrogen) atoms. The molecule has 0 amide bonds. The van der Waals surface area contributed by atoms with E-state index in [9.17, 15) is 4.79 Å². The molecule has 1 rings (SSSR count). The molecule has 0 unspecified atom stereocenters. The Morgan fingerprint density at radius 2 is 2.45 bits per heavy atom. The van der Waals surface area contributed by atoms with Crippen molar-refractivity contribution in [3.63, 3.8) is 0 Å². The second-order valence-corrected chi connectivity index (χ2v) is 2.78. The maximum absolute atomic E-state index is 10.8. The first-order chi connectivity index (χ1) is 5.33. The van der Waals surface area contributed by atoms with Gasteiger partial charge in [-0.05, 0) is 25.8 Å². The first-order valence-corrected chi connectivity index (χ1v) is 4.26. The lowest BCUT2D eigenvalue weighted by molar-refractivity contribution is -0.151. The van der Waals surface area contributed by atoms with Gasteiger partial charge in [0.1, 0.15) is 0 Å². The van der Waals surface area contributed by atoms with Crippen LogP contribution in [0.15, 0.2) is 0 Å². The molecule has 0 aliphatic carbocycles. The molecule has 0 aromatic carbocycles. The van der Waals surface area contributed by atoms with E-state index in [1.165, 1.54) is 6.42 Å². The molecular formula is C8H15NO2. The third-order valence-electron chi connectivity index (χ3n) is 1.83. The summed E-state index contributed by atoms with van der Waals surface area (Å²) >= 11 is 0. The topological polar surface area (TPSA) is 38.3 Å². The highest BCUT2D eigenvalue weighted by atomic mass is 16.6. The predicted octanol–water partition coefficient (Wildman–Crippen LogP) is 1.04. The Bertz CT molecular complexity index is 130. The highest BCUT2D eigenvalue weighted by Gasteiger charge is 2.15. The lowest BCUT2D eigenvalue weighted by Crippen LogP contribution is -2.37. The number of carbonyl (C=O) groups is 1. The van der Waals surface area contributed by atoms with Crippen LogP contribution in [0.1, 0.15) is 32.6 Å². The fourth-order valence-corrected chi connectivity index (χ4v) is 1.16. The van der Waals surface area contributed by atoms with Crippen LogP contribution in [-0.2, 0) is 9.53 Å². The van der Waals surface area contributed by atoms with Gasteiger partial charge in [0.2, 0.25) is 0 Å². The molecule has 1 fully saturated rings. The summed E-state index contributed by atoms with van der Waals surface area (Å²) in [6.07, 6.45) is 3.77. The van der Waals surface area contributed by atoms with Crippen molar-refractivity contribution >= 4 is 5.97 Å². The Morgan fingerprint density at radius 3 is 3.00 bits per heavy atom. The number of carbonyl (C=O) groups excluding carboxylic acids is 1. The number of ether oxygens (including phenoxy) is 1. The lowest BCUT2D eigenvalue weighted by atomic mass is 10.1. The molecular weight excluding hydrogens is 142 g/mol. The second kappa shape index (κ2) is 4.34. The van der Waals surface area contributed by atoms with Crippen LogP contribution in [0.5, 0.6) is 0 Å². The first-order valence-electron chi connectivity index (χ1n) is 4.26. The number of esters is 1. The van der Waals surface area contributed by atoms with Crippen molar-refractivity contribution < 1.29 is 9.53 Å². The Morgan fingerprint density at radius 1 is 1.64 bits per heavy atom. The van der Waals surface area contributed by atoms with Crippen LogP contribution in [0, 0.1) is 0 Å². The zero-order valence-electron chi connectivity index (χ0n) is 6.93. The van der Waals surface area contributed by atoms with Gasteiger partial charge in [-0.2, -0.15) is 0 Å². The van der Waals surface area contributed by atoms with Gasteiger partial charge in [-0.3, -0.25) is 10.1 Å². The van der Waals surface area contributed by atoms with E-state index in [-0.39, 0.29) is 12.2 Å². The number of hydrogen-bond donors (Lipinski definition) is 1. The van der Waals surface area contributed by atoms with Crippen molar-refractivity contribution in [2.24, 2.45) is 0 Å². The van der Waals surface area contributed by atoms with Gasteiger partial charge in [-0.1, -0.05) is 6.92 Å². The van der Waals surface area contributed by atoms with E-state index in [0.29, 0.717) is 6.42 Å². The molecule has 64 valence electrons. The van der Waals surface area contributed by atoms with Gasteiger partial charge in [0.05, 0.1) is 0 Å². The Hall–Kier alpha value is -0.570. The zero-order chi connectivity index (χ0) is 8.10. The summed E-state index contributed by atoms with van der Waals surface area (Å²) in [7, 11) is 0. The average Bonchev–Trinajstić information content (AvgIpc) is 2.06. The molecule has 0 aromatic heterocycles. The highest BCUT2D eigenvalue weighted by molar-refractivity contribution is 5.69. The normalized spacial score (nSPS) is 24.6. The van der Waals surface area contributed by atoms with Crippen molar-refractivity contribution in [3.8, 4) is 0 Å². The second-order valence-electron chi connectivity index (χ2n) is 2.78. The quantitative estimate of drug-likeness (QED) is 0.609. The average molecular weight is 157 g/mol. The number of hydrogen-bond acceptors (Lipinski definition) is 3. The van der Waals surface area contributed by atoms with E-state index < -0.39 is 0 Å². The van der Waals surface area contributed by atoms with Gasteiger partial charge in [0, 0.05) is 6.42 Å². The van der Waals surface area contributed by atoms with Gasteiger partial charge >= 0.3 is 5.97 Å². The van der Waals surface area contributed by atoms with Gasteiger partial charge < -0.3 is 4.74 Å². The maximum atomic E-state index is 10.8. The Kier molecular flexibility index (Phi) is 3.36. The monoisotopic (exact) mass is 157 g/mol. The zero-order valence-corrected chi connectivity index (χ0v) is 6.93. The smallest absolute Gasteiger partial charge is 0.307 e. The van der Waals surface area contributed by atoms with E-state index in [2.05, 4.69) is 5.32 Å². The summed E-state index contributed by atoms with van der Waals surface area (Å²) < 4.78 is 5.09. The lowest BCUT2D eigenvalue weighted by Gasteiger charge is -2.22. The van der Waals surface area contributed by atoms with Crippen molar-refractivity contribution in [3.05, 3.63) is 0 Å². The fourth-order valence-electron chi connectivity index (χ4n) is 1.16. The molecule has 1 saturated heterocycles. The third kappa shape index (κ3) is 2.89. The Labute approximate surface area is 67.1 Å². The van der Waals surface area contributed by atoms with Crippen molar-refractivity contribution in [1.82, 2.24) is 5.32 Å². The molecule has 0 bridgehead atoms. The summed E-state index contributed by atoms with van der Waals surface area (Å²) in [5, 5.41) is 3.14. The standard InChI is InChI=1S/C8H15NO2/c1-2-8(10)11-7-5-3-4-6-9-7/h7,9H,2-6H2,1H3/t7-/m0/s1. The minimum atomic E-state index is -0.107. The Balaban J connectivity index is 2.19. The van der Waals surface area contributed by atoms with Gasteiger partial charge in [-0.25, -0.2) is 0 Å². The molecule has 1 atom stereocenters. The van der Waals surface area contributed by atoms with Gasteiger partial charge in [0.25, 0.3) is 0 Å².